The van der Waals surface area contributed by atoms with E-state index in [2.05, 4.69) is 4.36 Å². The molecule has 2 rings (SSSR count). The van der Waals surface area contributed by atoms with Crippen LogP contribution in [0.3, 0.4) is 0 Å². The predicted molar refractivity (Wildman–Crippen MR) is 74.3 cm³/mol. The van der Waals surface area contributed by atoms with Crippen molar-refractivity contribution in [2.24, 2.45) is 10.3 Å². The maximum atomic E-state index is 12.9. The van der Waals surface area contributed by atoms with E-state index in [9.17, 15) is 13.4 Å². The number of ether oxygens (including phenoxy) is 1. The molecule has 6 heteroatoms. The Morgan fingerprint density at radius 2 is 1.95 bits per heavy atom. The van der Waals surface area contributed by atoms with Gasteiger partial charge in [-0.25, -0.2) is 8.60 Å². The van der Waals surface area contributed by atoms with Crippen LogP contribution in [0.15, 0.2) is 33.5 Å². The first kappa shape index (κ1) is 15.1. The number of carbonyl (C=O) groups excluding carboxylic acids is 1. The van der Waals surface area contributed by atoms with E-state index >= 15 is 0 Å². The minimum atomic E-state index is -2.90. The minimum Gasteiger partial charge on any atom is -0.368 e. The summed E-state index contributed by atoms with van der Waals surface area (Å²) in [5.74, 6) is -0.804. The average molecular weight is 299 g/mol. The number of halogens is 1. The molecule has 0 spiro atoms. The summed E-state index contributed by atoms with van der Waals surface area (Å²) in [7, 11) is -1.44. The molecule has 0 aliphatic heterocycles. The van der Waals surface area contributed by atoms with Crippen LogP contribution in [0.5, 0.6) is 0 Å². The Morgan fingerprint density at radius 1 is 1.40 bits per heavy atom. The second-order valence-electron chi connectivity index (χ2n) is 5.24. The molecule has 1 aliphatic rings. The van der Waals surface area contributed by atoms with Crippen LogP contribution in [0.2, 0.25) is 0 Å². The molecule has 0 aromatic heterocycles. The maximum Gasteiger partial charge on any atom is 0.286 e. The molecule has 20 heavy (non-hydrogen) atoms. The first-order valence-electron chi connectivity index (χ1n) is 6.37. The lowest BCUT2D eigenvalue weighted by Gasteiger charge is -2.24. The van der Waals surface area contributed by atoms with Crippen LogP contribution in [0.4, 0.5) is 4.39 Å². The molecule has 1 fully saturated rings. The van der Waals surface area contributed by atoms with E-state index < -0.39 is 27.1 Å². The zero-order chi connectivity index (χ0) is 15.0. The van der Waals surface area contributed by atoms with Gasteiger partial charge in [-0.1, -0.05) is 0 Å². The lowest BCUT2D eigenvalue weighted by Crippen LogP contribution is -2.39. The molecule has 0 bridgehead atoms. The van der Waals surface area contributed by atoms with Gasteiger partial charge in [0.05, 0.1) is 9.73 Å². The molecule has 0 radical (unpaired) electrons. The summed E-state index contributed by atoms with van der Waals surface area (Å²) < 4.78 is 34.6. The van der Waals surface area contributed by atoms with Crippen LogP contribution in [-0.4, -0.2) is 29.1 Å². The van der Waals surface area contributed by atoms with Gasteiger partial charge in [0.2, 0.25) is 0 Å². The Hall–Kier alpha value is -1.27. The van der Waals surface area contributed by atoms with E-state index in [1.807, 2.05) is 0 Å². The topological polar surface area (TPSA) is 55.7 Å². The third-order valence-corrected chi connectivity index (χ3v) is 5.37. The molecule has 4 nitrogen and oxygen atoms in total. The van der Waals surface area contributed by atoms with Crippen molar-refractivity contribution in [3.63, 3.8) is 0 Å². The number of carbonyl (C=O) groups is 1. The molecule has 2 atom stereocenters. The monoisotopic (exact) mass is 299 g/mol. The highest BCUT2D eigenvalue weighted by Crippen LogP contribution is 2.42. The van der Waals surface area contributed by atoms with Crippen LogP contribution >= 0.6 is 0 Å². The van der Waals surface area contributed by atoms with Crippen molar-refractivity contribution < 1.29 is 18.1 Å². The van der Waals surface area contributed by atoms with Gasteiger partial charge in [-0.2, -0.15) is 4.36 Å². The number of nitrogens with zero attached hydrogens (tertiary/aromatic N) is 1. The minimum absolute atomic E-state index is 0.132. The Kier molecular flexibility index (Phi) is 3.97. The fraction of sp³-hybridized carbons (Fsp3) is 0.500. The summed E-state index contributed by atoms with van der Waals surface area (Å²) >= 11 is 0. The molecule has 1 aromatic carbocycles. The van der Waals surface area contributed by atoms with Gasteiger partial charge < -0.3 is 4.74 Å². The van der Waals surface area contributed by atoms with Gasteiger partial charge in [-0.05, 0) is 49.9 Å². The largest absolute Gasteiger partial charge is 0.368 e. The van der Waals surface area contributed by atoms with Gasteiger partial charge in [0, 0.05) is 18.3 Å². The van der Waals surface area contributed by atoms with Gasteiger partial charge in [-0.3, -0.25) is 4.79 Å². The number of hydrogen-bond donors (Lipinski definition) is 0. The molecule has 110 valence electrons. The van der Waals surface area contributed by atoms with Crippen LogP contribution in [0, 0.1) is 11.7 Å². The second-order valence-corrected chi connectivity index (χ2v) is 7.50. The summed E-state index contributed by atoms with van der Waals surface area (Å²) in [5.41, 5.74) is -1.02. The van der Waals surface area contributed by atoms with Crippen molar-refractivity contribution >= 4 is 15.6 Å². The van der Waals surface area contributed by atoms with Crippen molar-refractivity contribution in [2.75, 3.05) is 13.4 Å². The highest BCUT2D eigenvalue weighted by molar-refractivity contribution is 7.93. The molecule has 1 amide bonds. The zero-order valence-corrected chi connectivity index (χ0v) is 12.6. The maximum absolute atomic E-state index is 12.9. The first-order valence-corrected chi connectivity index (χ1v) is 8.29. The van der Waals surface area contributed by atoms with E-state index in [1.165, 1.54) is 37.6 Å². The molecule has 0 N–H and O–H groups in total. The molecule has 2 unspecified atom stereocenters. The second kappa shape index (κ2) is 5.26. The molecule has 0 heterocycles. The van der Waals surface area contributed by atoms with Gasteiger partial charge >= 0.3 is 0 Å². The van der Waals surface area contributed by atoms with Gasteiger partial charge in [0.1, 0.15) is 11.4 Å². The van der Waals surface area contributed by atoms with Gasteiger partial charge in [0.15, 0.2) is 0 Å². The van der Waals surface area contributed by atoms with Crippen molar-refractivity contribution in [2.45, 2.75) is 30.3 Å². The fourth-order valence-electron chi connectivity index (χ4n) is 2.05. The van der Waals surface area contributed by atoms with E-state index in [-0.39, 0.29) is 5.92 Å². The van der Waals surface area contributed by atoms with E-state index in [4.69, 9.17) is 4.74 Å². The standard InChI is InChI=1S/C14H18FNO3S/c1-14(19-2,10-4-5-10)13(17)16-20(3,18)12-8-6-11(15)7-9-12/h6-10H,4-5H2,1-3H3. The smallest absolute Gasteiger partial charge is 0.286 e. The summed E-state index contributed by atoms with van der Waals surface area (Å²) in [6.07, 6.45) is 3.20. The normalized spacial score (nSPS) is 20.8. The SMILES string of the molecule is COC(C)(C(=O)N=S(C)(=O)c1ccc(F)cc1)C1CC1. The van der Waals surface area contributed by atoms with Crippen LogP contribution in [0.1, 0.15) is 19.8 Å². The molecule has 1 aliphatic carbocycles. The quantitative estimate of drug-likeness (QED) is 0.858. The zero-order valence-electron chi connectivity index (χ0n) is 11.8. The summed E-state index contributed by atoms with van der Waals surface area (Å²) in [6, 6.07) is 5.18. The summed E-state index contributed by atoms with van der Waals surface area (Å²) in [6.45, 7) is 1.68. The number of benzene rings is 1. The van der Waals surface area contributed by atoms with E-state index in [0.717, 1.165) is 12.8 Å². The fourth-order valence-corrected chi connectivity index (χ4v) is 3.30. The average Bonchev–Trinajstić information content (AvgIpc) is 3.22. The summed E-state index contributed by atoms with van der Waals surface area (Å²) in [5, 5.41) is 0. The highest BCUT2D eigenvalue weighted by atomic mass is 32.2. The van der Waals surface area contributed by atoms with Crippen molar-refractivity contribution in [3.8, 4) is 0 Å². The number of hydrogen-bond acceptors (Lipinski definition) is 3. The highest BCUT2D eigenvalue weighted by Gasteiger charge is 2.48. The van der Waals surface area contributed by atoms with E-state index in [0.29, 0.717) is 4.90 Å². The lowest BCUT2D eigenvalue weighted by molar-refractivity contribution is -0.139. The van der Waals surface area contributed by atoms with Crippen LogP contribution < -0.4 is 0 Å². The third-order valence-electron chi connectivity index (χ3n) is 3.71. The molecule has 1 aromatic rings. The van der Waals surface area contributed by atoms with Gasteiger partial charge in [-0.15, -0.1) is 0 Å². The lowest BCUT2D eigenvalue weighted by atomic mass is 10.00. The Bertz CT molecular complexity index is 630. The number of amides is 1. The van der Waals surface area contributed by atoms with Crippen LogP contribution in [-0.2, 0) is 19.3 Å². The van der Waals surface area contributed by atoms with Gasteiger partial charge in [0.25, 0.3) is 5.91 Å². The van der Waals surface area contributed by atoms with Crippen molar-refractivity contribution in [1.82, 2.24) is 0 Å². The Balaban J connectivity index is 2.35. The molecular formula is C14H18FNO3S. The van der Waals surface area contributed by atoms with E-state index in [1.54, 1.807) is 6.92 Å². The molecular weight excluding hydrogens is 281 g/mol. The Morgan fingerprint density at radius 3 is 2.40 bits per heavy atom. The number of rotatable bonds is 4. The molecule has 1 saturated carbocycles. The first-order chi connectivity index (χ1) is 9.29. The van der Waals surface area contributed by atoms with Crippen molar-refractivity contribution in [1.29, 1.82) is 0 Å². The number of methoxy groups -OCH3 is 1. The summed E-state index contributed by atoms with van der Waals surface area (Å²) in [4.78, 5) is 12.6. The molecule has 0 saturated heterocycles. The predicted octanol–water partition coefficient (Wildman–Crippen LogP) is 2.62. The third kappa shape index (κ3) is 2.91. The van der Waals surface area contributed by atoms with Crippen molar-refractivity contribution in [3.05, 3.63) is 30.1 Å². The van der Waals surface area contributed by atoms with Crippen LogP contribution in [0.25, 0.3) is 0 Å². The Labute approximate surface area is 118 Å².